The third kappa shape index (κ3) is 3.13. The van der Waals surface area contributed by atoms with Gasteiger partial charge in [0.2, 0.25) is 0 Å². The minimum absolute atomic E-state index is 0.268. The topological polar surface area (TPSA) is 72.2 Å². The van der Waals surface area contributed by atoms with E-state index in [9.17, 15) is 8.42 Å². The molecular formula is C14H15BrN2O2S. The molecule has 0 atom stereocenters. The molecule has 0 spiro atoms. The minimum Gasteiger partial charge on any atom is -0.398 e. The molecule has 3 N–H and O–H groups in total. The van der Waals surface area contributed by atoms with Gasteiger partial charge in [-0.15, -0.1) is 0 Å². The normalized spacial score (nSPS) is 11.3. The summed E-state index contributed by atoms with van der Waals surface area (Å²) in [6.07, 6.45) is 0. The Labute approximate surface area is 127 Å². The van der Waals surface area contributed by atoms with Crippen LogP contribution in [-0.4, -0.2) is 8.42 Å². The summed E-state index contributed by atoms with van der Waals surface area (Å²) in [7, 11) is -3.61. The number of hydrogen-bond acceptors (Lipinski definition) is 3. The Kier molecular flexibility index (Phi) is 4.06. The molecule has 106 valence electrons. The van der Waals surface area contributed by atoms with E-state index < -0.39 is 10.0 Å². The first-order valence-electron chi connectivity index (χ1n) is 5.95. The van der Waals surface area contributed by atoms with Crippen LogP contribution in [0.15, 0.2) is 45.8 Å². The van der Waals surface area contributed by atoms with Gasteiger partial charge in [0.15, 0.2) is 0 Å². The van der Waals surface area contributed by atoms with E-state index in [0.29, 0.717) is 16.9 Å². The first-order chi connectivity index (χ1) is 9.29. The average Bonchev–Trinajstić information content (AvgIpc) is 2.33. The summed E-state index contributed by atoms with van der Waals surface area (Å²) in [5.74, 6) is 0. The van der Waals surface area contributed by atoms with E-state index in [-0.39, 0.29) is 4.90 Å². The van der Waals surface area contributed by atoms with Gasteiger partial charge in [-0.25, -0.2) is 8.42 Å². The van der Waals surface area contributed by atoms with Crippen molar-refractivity contribution in [3.05, 3.63) is 52.0 Å². The molecule has 0 heterocycles. The van der Waals surface area contributed by atoms with Crippen molar-refractivity contribution >= 4 is 37.3 Å². The van der Waals surface area contributed by atoms with Crippen molar-refractivity contribution in [2.75, 3.05) is 10.5 Å². The minimum atomic E-state index is -3.61. The van der Waals surface area contributed by atoms with Gasteiger partial charge in [0, 0.05) is 10.2 Å². The third-order valence-electron chi connectivity index (χ3n) is 2.87. The maximum absolute atomic E-state index is 12.4. The number of sulfonamides is 1. The quantitative estimate of drug-likeness (QED) is 0.829. The molecule has 0 bridgehead atoms. The van der Waals surface area contributed by atoms with Crippen molar-refractivity contribution in [2.24, 2.45) is 0 Å². The number of aryl methyl sites for hydroxylation is 2. The number of nitrogens with two attached hydrogens (primary N) is 1. The first-order valence-corrected chi connectivity index (χ1v) is 8.22. The van der Waals surface area contributed by atoms with Crippen molar-refractivity contribution in [3.8, 4) is 0 Å². The highest BCUT2D eigenvalue weighted by atomic mass is 79.9. The molecule has 6 heteroatoms. The molecule has 0 aliphatic rings. The molecule has 2 aromatic carbocycles. The van der Waals surface area contributed by atoms with Gasteiger partial charge in [0.25, 0.3) is 10.0 Å². The zero-order valence-corrected chi connectivity index (χ0v) is 13.5. The SMILES string of the molecule is Cc1ccc(S(=O)(=O)Nc2ccc(Br)c(N)c2)c(C)c1. The summed E-state index contributed by atoms with van der Waals surface area (Å²) >= 11 is 3.27. The molecule has 0 aliphatic carbocycles. The molecule has 0 saturated carbocycles. The standard InChI is InChI=1S/C14H15BrN2O2S/c1-9-3-6-14(10(2)7-9)20(18,19)17-11-4-5-12(15)13(16)8-11/h3-8,17H,16H2,1-2H3. The molecule has 0 aliphatic heterocycles. The summed E-state index contributed by atoms with van der Waals surface area (Å²) in [5.41, 5.74) is 8.39. The number of benzene rings is 2. The summed E-state index contributed by atoms with van der Waals surface area (Å²) in [4.78, 5) is 0.268. The highest BCUT2D eigenvalue weighted by Gasteiger charge is 2.17. The van der Waals surface area contributed by atoms with Gasteiger partial charge in [-0.1, -0.05) is 17.7 Å². The molecule has 2 aromatic rings. The van der Waals surface area contributed by atoms with Crippen molar-refractivity contribution in [1.29, 1.82) is 0 Å². The fraction of sp³-hybridized carbons (Fsp3) is 0.143. The van der Waals surface area contributed by atoms with Gasteiger partial charge in [-0.05, 0) is 59.6 Å². The predicted molar refractivity (Wildman–Crippen MR) is 85.3 cm³/mol. The summed E-state index contributed by atoms with van der Waals surface area (Å²) < 4.78 is 28.0. The van der Waals surface area contributed by atoms with E-state index in [0.717, 1.165) is 10.0 Å². The number of nitrogen functional groups attached to an aromatic ring is 1. The maximum atomic E-state index is 12.4. The lowest BCUT2D eigenvalue weighted by atomic mass is 10.2. The Morgan fingerprint density at radius 1 is 1.10 bits per heavy atom. The Hall–Kier alpha value is -1.53. The highest BCUT2D eigenvalue weighted by Crippen LogP contribution is 2.25. The number of halogens is 1. The first kappa shape index (κ1) is 14.9. The third-order valence-corrected chi connectivity index (χ3v) is 5.13. The zero-order valence-electron chi connectivity index (χ0n) is 11.1. The van der Waals surface area contributed by atoms with Crippen LogP contribution in [0.4, 0.5) is 11.4 Å². The predicted octanol–water partition coefficient (Wildman–Crippen LogP) is 3.45. The van der Waals surface area contributed by atoms with Crippen molar-refractivity contribution in [1.82, 2.24) is 0 Å². The molecule has 0 saturated heterocycles. The van der Waals surface area contributed by atoms with E-state index in [1.165, 1.54) is 0 Å². The lowest BCUT2D eigenvalue weighted by Crippen LogP contribution is -2.14. The van der Waals surface area contributed by atoms with Crippen molar-refractivity contribution in [3.63, 3.8) is 0 Å². The Bertz CT molecular complexity index is 758. The van der Waals surface area contributed by atoms with Crippen LogP contribution >= 0.6 is 15.9 Å². The van der Waals surface area contributed by atoms with Gasteiger partial charge in [0.1, 0.15) is 0 Å². The fourth-order valence-electron chi connectivity index (χ4n) is 1.92. The Morgan fingerprint density at radius 3 is 2.40 bits per heavy atom. The molecule has 20 heavy (non-hydrogen) atoms. The smallest absolute Gasteiger partial charge is 0.262 e. The van der Waals surface area contributed by atoms with Gasteiger partial charge in [-0.3, -0.25) is 4.72 Å². The number of hydrogen-bond donors (Lipinski definition) is 2. The second kappa shape index (κ2) is 5.46. The van der Waals surface area contributed by atoms with E-state index in [4.69, 9.17) is 5.73 Å². The van der Waals surface area contributed by atoms with E-state index in [2.05, 4.69) is 20.7 Å². The second-order valence-electron chi connectivity index (χ2n) is 4.61. The van der Waals surface area contributed by atoms with Gasteiger partial charge in [0.05, 0.1) is 10.6 Å². The lowest BCUT2D eigenvalue weighted by Gasteiger charge is -2.11. The summed E-state index contributed by atoms with van der Waals surface area (Å²) in [6, 6.07) is 10.2. The van der Waals surface area contributed by atoms with Gasteiger partial charge < -0.3 is 5.73 Å². The van der Waals surface area contributed by atoms with Crippen LogP contribution in [0.25, 0.3) is 0 Å². The molecular weight excluding hydrogens is 340 g/mol. The lowest BCUT2D eigenvalue weighted by molar-refractivity contribution is 0.600. The number of anilines is 2. The van der Waals surface area contributed by atoms with Gasteiger partial charge in [-0.2, -0.15) is 0 Å². The van der Waals surface area contributed by atoms with Crippen LogP contribution in [0.5, 0.6) is 0 Å². The summed E-state index contributed by atoms with van der Waals surface area (Å²) in [5, 5.41) is 0. The Morgan fingerprint density at radius 2 is 1.80 bits per heavy atom. The van der Waals surface area contributed by atoms with Gasteiger partial charge >= 0.3 is 0 Å². The molecule has 0 unspecified atom stereocenters. The largest absolute Gasteiger partial charge is 0.398 e. The van der Waals surface area contributed by atoms with Crippen LogP contribution in [0.1, 0.15) is 11.1 Å². The van der Waals surface area contributed by atoms with E-state index in [1.54, 1.807) is 37.3 Å². The molecule has 0 aromatic heterocycles. The molecule has 0 radical (unpaired) electrons. The van der Waals surface area contributed by atoms with Crippen LogP contribution in [0.2, 0.25) is 0 Å². The second-order valence-corrected chi connectivity index (χ2v) is 7.12. The number of rotatable bonds is 3. The summed E-state index contributed by atoms with van der Waals surface area (Å²) in [6.45, 7) is 3.70. The van der Waals surface area contributed by atoms with Crippen LogP contribution in [0.3, 0.4) is 0 Å². The molecule has 0 amide bonds. The molecule has 0 fully saturated rings. The zero-order chi connectivity index (χ0) is 14.9. The van der Waals surface area contributed by atoms with Crippen LogP contribution in [0, 0.1) is 13.8 Å². The maximum Gasteiger partial charge on any atom is 0.262 e. The van der Waals surface area contributed by atoms with Crippen LogP contribution < -0.4 is 10.5 Å². The Balaban J connectivity index is 2.38. The van der Waals surface area contributed by atoms with Crippen molar-refractivity contribution < 1.29 is 8.42 Å². The monoisotopic (exact) mass is 354 g/mol. The molecule has 2 rings (SSSR count). The van der Waals surface area contributed by atoms with Crippen LogP contribution in [-0.2, 0) is 10.0 Å². The highest BCUT2D eigenvalue weighted by molar-refractivity contribution is 9.10. The van der Waals surface area contributed by atoms with Crippen molar-refractivity contribution in [2.45, 2.75) is 18.7 Å². The fourth-order valence-corrected chi connectivity index (χ4v) is 3.44. The number of nitrogens with one attached hydrogen (secondary N) is 1. The molecule has 4 nitrogen and oxygen atoms in total. The van der Waals surface area contributed by atoms with E-state index >= 15 is 0 Å². The average molecular weight is 355 g/mol. The van der Waals surface area contributed by atoms with E-state index in [1.807, 2.05) is 13.0 Å².